The third-order valence-corrected chi connectivity index (χ3v) is 4.50. The van der Waals surface area contributed by atoms with Crippen LogP contribution in [0.3, 0.4) is 0 Å². The molecule has 132 valence electrons. The predicted molar refractivity (Wildman–Crippen MR) is 100 cm³/mol. The van der Waals surface area contributed by atoms with Gasteiger partial charge in [0, 0.05) is 24.8 Å². The average Bonchev–Trinajstić information content (AvgIpc) is 2.60. The first-order valence-corrected chi connectivity index (χ1v) is 8.47. The van der Waals surface area contributed by atoms with Crippen LogP contribution < -0.4 is 0 Å². The lowest BCUT2D eigenvalue weighted by molar-refractivity contribution is -0.384. The minimum absolute atomic E-state index is 0.117. The first-order valence-electron chi connectivity index (χ1n) is 8.47. The van der Waals surface area contributed by atoms with Gasteiger partial charge in [-0.3, -0.25) is 15.1 Å². The molecule has 1 N–H and O–H groups in total. The van der Waals surface area contributed by atoms with E-state index in [0.29, 0.717) is 6.42 Å². The van der Waals surface area contributed by atoms with Gasteiger partial charge in [-0.25, -0.2) is 0 Å². The maximum Gasteiger partial charge on any atom is 0.269 e. The van der Waals surface area contributed by atoms with Crippen molar-refractivity contribution in [2.75, 3.05) is 0 Å². The molecule has 0 fully saturated rings. The average molecular weight is 340 g/mol. The van der Waals surface area contributed by atoms with E-state index in [4.69, 9.17) is 4.99 Å². The van der Waals surface area contributed by atoms with Gasteiger partial charge in [0.15, 0.2) is 0 Å². The Morgan fingerprint density at radius 3 is 2.52 bits per heavy atom. The molecule has 0 saturated heterocycles. The Morgan fingerprint density at radius 1 is 1.20 bits per heavy atom. The van der Waals surface area contributed by atoms with Crippen LogP contribution in [0.1, 0.15) is 37.8 Å². The summed E-state index contributed by atoms with van der Waals surface area (Å²) in [6.07, 6.45) is 5.20. The summed E-state index contributed by atoms with van der Waals surface area (Å²) in [6.45, 7) is 4.23. The summed E-state index contributed by atoms with van der Waals surface area (Å²) < 4.78 is 0. The molecule has 0 aromatic heterocycles. The number of non-ortho nitro benzene ring substituents is 1. The number of phenols is 1. The van der Waals surface area contributed by atoms with Gasteiger partial charge in [-0.2, -0.15) is 0 Å². The van der Waals surface area contributed by atoms with Crippen LogP contribution in [-0.4, -0.2) is 21.8 Å². The van der Waals surface area contributed by atoms with Crippen molar-refractivity contribution in [3.05, 3.63) is 69.8 Å². The van der Waals surface area contributed by atoms with Crippen molar-refractivity contribution in [2.24, 2.45) is 4.99 Å². The molecule has 0 bridgehead atoms. The van der Waals surface area contributed by atoms with Crippen LogP contribution in [0.25, 0.3) is 0 Å². The van der Waals surface area contributed by atoms with Crippen molar-refractivity contribution in [1.29, 1.82) is 0 Å². The van der Waals surface area contributed by atoms with Crippen LogP contribution in [0.15, 0.2) is 53.5 Å². The van der Waals surface area contributed by atoms with Crippen molar-refractivity contribution in [3.8, 4) is 5.75 Å². The van der Waals surface area contributed by atoms with Gasteiger partial charge >= 0.3 is 0 Å². The number of aromatic hydroxyl groups is 1. The van der Waals surface area contributed by atoms with E-state index in [1.54, 1.807) is 24.3 Å². The summed E-state index contributed by atoms with van der Waals surface area (Å²) in [7, 11) is 0. The monoisotopic (exact) mass is 340 g/mol. The van der Waals surface area contributed by atoms with Crippen LogP contribution in [0.2, 0.25) is 0 Å². The van der Waals surface area contributed by atoms with Gasteiger partial charge in [0.05, 0.1) is 10.5 Å². The summed E-state index contributed by atoms with van der Waals surface area (Å²) in [5, 5.41) is 20.2. The number of rotatable bonds is 8. The number of benzene rings is 2. The van der Waals surface area contributed by atoms with Crippen LogP contribution in [-0.2, 0) is 12.8 Å². The summed E-state index contributed by atoms with van der Waals surface area (Å²) in [4.78, 5) is 15.1. The lowest BCUT2D eigenvalue weighted by Gasteiger charge is -2.23. The molecule has 1 unspecified atom stereocenters. The lowest BCUT2D eigenvalue weighted by atomic mass is 9.91. The van der Waals surface area contributed by atoms with Gasteiger partial charge in [0.25, 0.3) is 5.69 Å². The Balaban J connectivity index is 1.94. The van der Waals surface area contributed by atoms with Crippen LogP contribution in [0, 0.1) is 10.1 Å². The molecule has 0 heterocycles. The van der Waals surface area contributed by atoms with E-state index >= 15 is 0 Å². The summed E-state index contributed by atoms with van der Waals surface area (Å²) >= 11 is 0. The molecule has 0 radical (unpaired) electrons. The third-order valence-electron chi connectivity index (χ3n) is 4.50. The number of nitro benzene ring substituents is 1. The predicted octanol–water partition coefficient (Wildman–Crippen LogP) is 4.72. The van der Waals surface area contributed by atoms with Gasteiger partial charge in [-0.05, 0) is 49.4 Å². The fourth-order valence-electron chi connectivity index (χ4n) is 2.59. The number of nitrogens with zero attached hydrogens (tertiary/aromatic N) is 2. The van der Waals surface area contributed by atoms with Crippen LogP contribution in [0.5, 0.6) is 5.75 Å². The van der Waals surface area contributed by atoms with Crippen molar-refractivity contribution in [1.82, 2.24) is 0 Å². The molecule has 0 saturated carbocycles. The Morgan fingerprint density at radius 2 is 1.92 bits per heavy atom. The fourth-order valence-corrected chi connectivity index (χ4v) is 2.59. The number of aryl methyl sites for hydroxylation is 1. The highest BCUT2D eigenvalue weighted by molar-refractivity contribution is 5.62. The number of hydrogen-bond donors (Lipinski definition) is 1. The Bertz CT molecular complexity index is 741. The number of hydrogen-bond acceptors (Lipinski definition) is 4. The Kier molecular flexibility index (Phi) is 6.28. The van der Waals surface area contributed by atoms with Crippen molar-refractivity contribution in [2.45, 2.75) is 45.1 Å². The molecule has 0 aliphatic heterocycles. The maximum absolute atomic E-state index is 10.7. The SMILES string of the molecule is CCC(C)(CCc1ccc([N+](=O)[O-])cc1)N=CCc1cccc(O)c1. The Labute approximate surface area is 148 Å². The summed E-state index contributed by atoms with van der Waals surface area (Å²) in [5.74, 6) is 0.266. The van der Waals surface area contributed by atoms with E-state index in [9.17, 15) is 15.2 Å². The zero-order valence-corrected chi connectivity index (χ0v) is 14.7. The largest absolute Gasteiger partial charge is 0.508 e. The molecular formula is C20H24N2O3. The van der Waals surface area contributed by atoms with Gasteiger partial charge in [0.1, 0.15) is 5.75 Å². The maximum atomic E-state index is 10.7. The molecule has 0 spiro atoms. The zero-order chi connectivity index (χ0) is 18.3. The van der Waals surface area contributed by atoms with Gasteiger partial charge in [-0.1, -0.05) is 31.2 Å². The van der Waals surface area contributed by atoms with Gasteiger partial charge in [-0.15, -0.1) is 0 Å². The molecular weight excluding hydrogens is 316 g/mol. The third kappa shape index (κ3) is 5.71. The lowest BCUT2D eigenvalue weighted by Crippen LogP contribution is -2.22. The van der Waals surface area contributed by atoms with Crippen LogP contribution >= 0.6 is 0 Å². The fraction of sp³-hybridized carbons (Fsp3) is 0.350. The van der Waals surface area contributed by atoms with Crippen LogP contribution in [0.4, 0.5) is 5.69 Å². The van der Waals surface area contributed by atoms with Gasteiger partial charge < -0.3 is 5.11 Å². The number of phenolic OH excluding ortho intramolecular Hbond substituents is 1. The minimum atomic E-state index is -0.383. The zero-order valence-electron chi connectivity index (χ0n) is 14.7. The van der Waals surface area contributed by atoms with E-state index in [0.717, 1.165) is 30.4 Å². The van der Waals surface area contributed by atoms with E-state index < -0.39 is 0 Å². The van der Waals surface area contributed by atoms with E-state index in [2.05, 4.69) is 13.8 Å². The second-order valence-electron chi connectivity index (χ2n) is 6.46. The highest BCUT2D eigenvalue weighted by atomic mass is 16.6. The molecule has 5 heteroatoms. The summed E-state index contributed by atoms with van der Waals surface area (Å²) in [5.41, 5.74) is 2.05. The van der Waals surface area contributed by atoms with Crippen molar-refractivity contribution in [3.63, 3.8) is 0 Å². The Hall–Kier alpha value is -2.69. The second-order valence-corrected chi connectivity index (χ2v) is 6.46. The molecule has 0 aliphatic carbocycles. The molecule has 25 heavy (non-hydrogen) atoms. The van der Waals surface area contributed by atoms with Crippen molar-refractivity contribution < 1.29 is 10.0 Å². The normalized spacial score (nSPS) is 13.7. The molecule has 0 amide bonds. The smallest absolute Gasteiger partial charge is 0.269 e. The van der Waals surface area contributed by atoms with E-state index in [-0.39, 0.29) is 21.9 Å². The first-order chi connectivity index (χ1) is 11.9. The quantitative estimate of drug-likeness (QED) is 0.429. The second kappa shape index (κ2) is 8.42. The number of nitro groups is 1. The molecule has 2 rings (SSSR count). The molecule has 2 aromatic carbocycles. The molecule has 2 aromatic rings. The van der Waals surface area contributed by atoms with Gasteiger partial charge in [0.2, 0.25) is 0 Å². The standard InChI is InChI=1S/C20H24N2O3/c1-3-20(2,21-14-12-17-5-4-6-19(23)15-17)13-11-16-7-9-18(10-8-16)22(24)25/h4-10,14-15,23H,3,11-13H2,1-2H3. The topological polar surface area (TPSA) is 75.7 Å². The minimum Gasteiger partial charge on any atom is -0.508 e. The molecule has 5 nitrogen and oxygen atoms in total. The number of aliphatic imine (C=N–C) groups is 1. The van der Waals surface area contributed by atoms with E-state index in [1.807, 2.05) is 30.5 Å². The van der Waals surface area contributed by atoms with E-state index in [1.165, 1.54) is 0 Å². The molecule has 0 aliphatic rings. The first kappa shape index (κ1) is 18.6. The molecule has 1 atom stereocenters. The highest BCUT2D eigenvalue weighted by Crippen LogP contribution is 2.23. The highest BCUT2D eigenvalue weighted by Gasteiger charge is 2.19. The summed E-state index contributed by atoms with van der Waals surface area (Å²) in [6, 6.07) is 13.9. The van der Waals surface area contributed by atoms with Crippen molar-refractivity contribution >= 4 is 11.9 Å².